The fraction of sp³-hybridized carbons (Fsp3) is 0.600. The molecule has 0 aromatic heterocycles. The summed E-state index contributed by atoms with van der Waals surface area (Å²) in [6.45, 7) is 4.15. The minimum atomic E-state index is -3.32. The van der Waals surface area contributed by atoms with Crippen molar-refractivity contribution in [3.8, 4) is 0 Å². The highest BCUT2D eigenvalue weighted by molar-refractivity contribution is 7.89. The van der Waals surface area contributed by atoms with Gasteiger partial charge in [0.2, 0.25) is 10.0 Å². The van der Waals surface area contributed by atoms with E-state index in [4.69, 9.17) is 0 Å². The molecule has 0 radical (unpaired) electrons. The van der Waals surface area contributed by atoms with E-state index in [-0.39, 0.29) is 0 Å². The zero-order valence-electron chi connectivity index (χ0n) is 12.3. The van der Waals surface area contributed by atoms with Crippen LogP contribution in [0.3, 0.4) is 0 Å². The third-order valence-corrected chi connectivity index (χ3v) is 6.15. The van der Waals surface area contributed by atoms with Crippen LogP contribution in [0.4, 0.5) is 0 Å². The first kappa shape index (κ1) is 15.5. The number of sulfonamides is 1. The summed E-state index contributed by atoms with van der Waals surface area (Å²) in [6.07, 6.45) is 3.06. The number of nitrogens with one attached hydrogen (secondary N) is 1. The molecule has 1 heterocycles. The average molecular weight is 296 g/mol. The molecule has 2 rings (SSSR count). The lowest BCUT2D eigenvalue weighted by Crippen LogP contribution is -2.39. The van der Waals surface area contributed by atoms with Crippen LogP contribution < -0.4 is 5.32 Å². The summed E-state index contributed by atoms with van der Waals surface area (Å²) in [7, 11) is -1.36. The molecule has 1 saturated heterocycles. The molecule has 112 valence electrons. The summed E-state index contributed by atoms with van der Waals surface area (Å²) in [5, 5.41) is 3.16. The Bertz CT molecular complexity index is 535. The van der Waals surface area contributed by atoms with Gasteiger partial charge in [-0.15, -0.1) is 0 Å². The maximum atomic E-state index is 12.6. The molecule has 1 aromatic carbocycles. The lowest BCUT2D eigenvalue weighted by atomic mass is 9.95. The predicted molar refractivity (Wildman–Crippen MR) is 81.2 cm³/mol. The molecule has 0 saturated carbocycles. The van der Waals surface area contributed by atoms with Crippen molar-refractivity contribution in [2.24, 2.45) is 5.92 Å². The predicted octanol–water partition coefficient (Wildman–Crippen LogP) is 2.01. The topological polar surface area (TPSA) is 49.4 Å². The lowest BCUT2D eigenvalue weighted by molar-refractivity contribution is 0.263. The second-order valence-corrected chi connectivity index (χ2v) is 7.41. The number of benzene rings is 1. The van der Waals surface area contributed by atoms with Crippen molar-refractivity contribution in [1.29, 1.82) is 0 Å². The van der Waals surface area contributed by atoms with Gasteiger partial charge in [0.15, 0.2) is 0 Å². The molecule has 0 bridgehead atoms. The molecule has 1 aliphatic rings. The standard InChI is InChI=1S/C15H24N2O2S/c1-13-5-3-4-6-15(13)20(18,19)17-11-8-14(9-12-17)7-10-16-2/h3-6,14,16H,7-12H2,1-2H3. The van der Waals surface area contributed by atoms with Gasteiger partial charge in [0.25, 0.3) is 0 Å². The fourth-order valence-corrected chi connectivity index (χ4v) is 4.47. The van der Waals surface area contributed by atoms with Crippen LogP contribution in [0.25, 0.3) is 0 Å². The average Bonchev–Trinajstić information content (AvgIpc) is 2.46. The zero-order chi connectivity index (χ0) is 14.6. The first-order valence-corrected chi connectivity index (χ1v) is 8.70. The summed E-state index contributed by atoms with van der Waals surface area (Å²) in [4.78, 5) is 0.452. The number of rotatable bonds is 5. The van der Waals surface area contributed by atoms with Crippen molar-refractivity contribution in [3.63, 3.8) is 0 Å². The van der Waals surface area contributed by atoms with E-state index in [9.17, 15) is 8.42 Å². The molecule has 5 heteroatoms. The van der Waals surface area contributed by atoms with Gasteiger partial charge >= 0.3 is 0 Å². The third-order valence-electron chi connectivity index (χ3n) is 4.09. The van der Waals surface area contributed by atoms with Gasteiger partial charge < -0.3 is 5.32 Å². The van der Waals surface area contributed by atoms with Crippen molar-refractivity contribution in [3.05, 3.63) is 29.8 Å². The number of hydrogen-bond donors (Lipinski definition) is 1. The molecule has 1 aliphatic heterocycles. The molecule has 0 spiro atoms. The second kappa shape index (κ2) is 6.70. The molecule has 0 unspecified atom stereocenters. The first-order valence-electron chi connectivity index (χ1n) is 7.26. The fourth-order valence-electron chi connectivity index (χ4n) is 2.77. The van der Waals surface area contributed by atoms with E-state index >= 15 is 0 Å². The first-order chi connectivity index (χ1) is 9.55. The summed E-state index contributed by atoms with van der Waals surface area (Å²) in [5.74, 6) is 0.644. The van der Waals surface area contributed by atoms with Crippen LogP contribution in [-0.2, 0) is 10.0 Å². The van der Waals surface area contributed by atoms with Gasteiger partial charge in [0.05, 0.1) is 4.90 Å². The van der Waals surface area contributed by atoms with E-state index < -0.39 is 10.0 Å². The van der Waals surface area contributed by atoms with Crippen LogP contribution in [0.5, 0.6) is 0 Å². The molecular formula is C15H24N2O2S. The number of aryl methyl sites for hydroxylation is 1. The number of hydrogen-bond acceptors (Lipinski definition) is 3. The van der Waals surface area contributed by atoms with Gasteiger partial charge in [-0.25, -0.2) is 8.42 Å². The summed E-state index contributed by atoms with van der Waals surface area (Å²) in [6, 6.07) is 7.22. The Morgan fingerprint density at radius 3 is 2.50 bits per heavy atom. The van der Waals surface area contributed by atoms with Crippen molar-refractivity contribution in [1.82, 2.24) is 9.62 Å². The molecule has 0 aliphatic carbocycles. The molecule has 4 nitrogen and oxygen atoms in total. The van der Waals surface area contributed by atoms with Crippen LogP contribution in [0.1, 0.15) is 24.8 Å². The van der Waals surface area contributed by atoms with Gasteiger partial charge in [0, 0.05) is 13.1 Å². The Labute approximate surface area is 122 Å². The third kappa shape index (κ3) is 3.40. The summed E-state index contributed by atoms with van der Waals surface area (Å²) < 4.78 is 26.9. The van der Waals surface area contributed by atoms with E-state index in [0.29, 0.717) is 23.9 Å². The van der Waals surface area contributed by atoms with E-state index in [2.05, 4.69) is 5.32 Å². The lowest BCUT2D eigenvalue weighted by Gasteiger charge is -2.31. The normalized spacial score (nSPS) is 18.3. The van der Waals surface area contributed by atoms with Crippen LogP contribution in [0, 0.1) is 12.8 Å². The number of nitrogens with zero attached hydrogens (tertiary/aromatic N) is 1. The van der Waals surface area contributed by atoms with Crippen molar-refractivity contribution in [2.45, 2.75) is 31.1 Å². The molecule has 0 atom stereocenters. The minimum absolute atomic E-state index is 0.452. The molecule has 20 heavy (non-hydrogen) atoms. The van der Waals surface area contributed by atoms with Crippen molar-refractivity contribution >= 4 is 10.0 Å². The summed E-state index contributed by atoms with van der Waals surface area (Å²) in [5.41, 5.74) is 0.824. The maximum Gasteiger partial charge on any atom is 0.243 e. The molecular weight excluding hydrogens is 272 g/mol. The van der Waals surface area contributed by atoms with Crippen molar-refractivity contribution < 1.29 is 8.42 Å². The highest BCUT2D eigenvalue weighted by atomic mass is 32.2. The smallest absolute Gasteiger partial charge is 0.243 e. The molecule has 1 N–H and O–H groups in total. The summed E-state index contributed by atoms with van der Waals surface area (Å²) >= 11 is 0. The van der Waals surface area contributed by atoms with E-state index in [0.717, 1.165) is 31.4 Å². The van der Waals surface area contributed by atoms with E-state index in [1.54, 1.807) is 16.4 Å². The zero-order valence-corrected chi connectivity index (χ0v) is 13.1. The Morgan fingerprint density at radius 2 is 1.90 bits per heavy atom. The van der Waals surface area contributed by atoms with Gasteiger partial charge in [-0.2, -0.15) is 4.31 Å². The van der Waals surface area contributed by atoms with Gasteiger partial charge in [-0.05, 0) is 57.3 Å². The van der Waals surface area contributed by atoms with Crippen molar-refractivity contribution in [2.75, 3.05) is 26.7 Å². The Hall–Kier alpha value is -0.910. The Morgan fingerprint density at radius 1 is 1.25 bits per heavy atom. The minimum Gasteiger partial charge on any atom is -0.320 e. The van der Waals surface area contributed by atoms with Crippen LogP contribution in [-0.4, -0.2) is 39.4 Å². The highest BCUT2D eigenvalue weighted by Crippen LogP contribution is 2.26. The Kier molecular flexibility index (Phi) is 5.18. The molecule has 0 amide bonds. The van der Waals surface area contributed by atoms with Crippen LogP contribution in [0.15, 0.2) is 29.2 Å². The largest absolute Gasteiger partial charge is 0.320 e. The highest BCUT2D eigenvalue weighted by Gasteiger charge is 2.29. The number of piperidine rings is 1. The molecule has 1 fully saturated rings. The monoisotopic (exact) mass is 296 g/mol. The quantitative estimate of drug-likeness (QED) is 0.904. The Balaban J connectivity index is 2.04. The maximum absolute atomic E-state index is 12.6. The SMILES string of the molecule is CNCCC1CCN(S(=O)(=O)c2ccccc2C)CC1. The van der Waals surface area contributed by atoms with Gasteiger partial charge in [-0.1, -0.05) is 18.2 Å². The van der Waals surface area contributed by atoms with Gasteiger partial charge in [-0.3, -0.25) is 0 Å². The van der Waals surface area contributed by atoms with Gasteiger partial charge in [0.1, 0.15) is 0 Å². The van der Waals surface area contributed by atoms with Crippen LogP contribution >= 0.6 is 0 Å². The van der Waals surface area contributed by atoms with E-state index in [1.165, 1.54) is 0 Å². The van der Waals surface area contributed by atoms with E-state index in [1.807, 2.05) is 26.1 Å². The molecule has 1 aromatic rings. The van der Waals surface area contributed by atoms with Crippen LogP contribution in [0.2, 0.25) is 0 Å². The second-order valence-electron chi connectivity index (χ2n) is 5.51.